The van der Waals surface area contributed by atoms with Crippen molar-refractivity contribution in [3.63, 3.8) is 0 Å². The number of carbonyl (C=O) groups is 1. The van der Waals surface area contributed by atoms with Gasteiger partial charge in [-0.05, 0) is 74.0 Å². The van der Waals surface area contributed by atoms with E-state index < -0.39 is 0 Å². The number of rotatable bonds is 4. The summed E-state index contributed by atoms with van der Waals surface area (Å²) in [6.45, 7) is 4.58. The fourth-order valence-electron chi connectivity index (χ4n) is 6.76. The lowest BCUT2D eigenvalue weighted by atomic mass is 9.49. The lowest BCUT2D eigenvalue weighted by Crippen LogP contribution is -2.51. The molecule has 1 aromatic carbocycles. The molecule has 0 atom stereocenters. The minimum Gasteiger partial charge on any atom is -0.379 e. The van der Waals surface area contributed by atoms with Gasteiger partial charge in [-0.25, -0.2) is 4.98 Å². The Bertz CT molecular complexity index is 898. The van der Waals surface area contributed by atoms with Gasteiger partial charge in [-0.2, -0.15) is 0 Å². The number of thiazole rings is 1. The van der Waals surface area contributed by atoms with Crippen LogP contribution in [0.25, 0.3) is 10.2 Å². The molecule has 1 aromatic heterocycles. The third kappa shape index (κ3) is 3.39. The molecule has 2 heterocycles. The zero-order valence-corrected chi connectivity index (χ0v) is 17.7. The molecule has 5 nitrogen and oxygen atoms in total. The predicted molar refractivity (Wildman–Crippen MR) is 115 cm³/mol. The fraction of sp³-hybridized carbons (Fsp3) is 0.652. The Morgan fingerprint density at radius 2 is 1.83 bits per heavy atom. The van der Waals surface area contributed by atoms with Crippen molar-refractivity contribution in [1.82, 2.24) is 9.88 Å². The van der Waals surface area contributed by atoms with Gasteiger partial charge in [-0.1, -0.05) is 17.4 Å². The van der Waals surface area contributed by atoms with Crippen LogP contribution in [-0.2, 0) is 16.1 Å². The van der Waals surface area contributed by atoms with Crippen molar-refractivity contribution >= 4 is 32.6 Å². The minimum absolute atomic E-state index is 0.117. The summed E-state index contributed by atoms with van der Waals surface area (Å²) in [5.41, 5.74) is 2.18. The van der Waals surface area contributed by atoms with E-state index in [1.165, 1.54) is 24.8 Å². The predicted octanol–water partition coefficient (Wildman–Crippen LogP) is 4.28. The molecule has 5 fully saturated rings. The molecule has 2 aromatic rings. The van der Waals surface area contributed by atoms with Crippen LogP contribution in [0.15, 0.2) is 18.2 Å². The second-order valence-corrected chi connectivity index (χ2v) is 10.9. The molecule has 1 saturated heterocycles. The number of nitrogens with zero attached hydrogens (tertiary/aromatic N) is 2. The van der Waals surface area contributed by atoms with Gasteiger partial charge in [0.1, 0.15) is 0 Å². The molecule has 4 saturated carbocycles. The highest BCUT2D eigenvalue weighted by Crippen LogP contribution is 2.60. The van der Waals surface area contributed by atoms with E-state index in [4.69, 9.17) is 9.72 Å². The number of amides is 1. The maximum Gasteiger partial charge on any atom is 0.232 e. The summed E-state index contributed by atoms with van der Waals surface area (Å²) in [5.74, 6) is 2.59. The second-order valence-electron chi connectivity index (χ2n) is 9.86. The number of fused-ring (bicyclic) bond motifs is 1. The molecule has 4 bridgehead atoms. The van der Waals surface area contributed by atoms with E-state index >= 15 is 0 Å². The van der Waals surface area contributed by atoms with E-state index in [9.17, 15) is 4.79 Å². The highest BCUT2D eigenvalue weighted by molar-refractivity contribution is 7.22. The van der Waals surface area contributed by atoms with Crippen LogP contribution < -0.4 is 5.32 Å². The smallest absolute Gasteiger partial charge is 0.232 e. The van der Waals surface area contributed by atoms with E-state index in [-0.39, 0.29) is 11.3 Å². The average Bonchev–Trinajstić information content (AvgIpc) is 3.09. The van der Waals surface area contributed by atoms with Crippen molar-refractivity contribution in [2.45, 2.75) is 45.1 Å². The van der Waals surface area contributed by atoms with Gasteiger partial charge in [0.25, 0.3) is 0 Å². The zero-order chi connectivity index (χ0) is 19.4. The number of nitrogens with one attached hydrogen (secondary N) is 1. The minimum atomic E-state index is -0.117. The van der Waals surface area contributed by atoms with Gasteiger partial charge in [-0.15, -0.1) is 0 Å². The molecular weight excluding hydrogens is 382 g/mol. The van der Waals surface area contributed by atoms with Crippen LogP contribution >= 0.6 is 11.3 Å². The van der Waals surface area contributed by atoms with Gasteiger partial charge in [0.05, 0.1) is 28.8 Å². The number of hydrogen-bond acceptors (Lipinski definition) is 5. The molecule has 154 valence electrons. The number of aromatic nitrogens is 1. The Balaban J connectivity index is 1.18. The average molecular weight is 412 g/mol. The van der Waals surface area contributed by atoms with Crippen molar-refractivity contribution in [3.05, 3.63) is 23.8 Å². The normalized spacial score (nSPS) is 34.0. The molecule has 29 heavy (non-hydrogen) atoms. The zero-order valence-electron chi connectivity index (χ0n) is 16.9. The van der Waals surface area contributed by atoms with Gasteiger partial charge in [-0.3, -0.25) is 9.69 Å². The lowest BCUT2D eigenvalue weighted by molar-refractivity contribution is -0.140. The number of hydrogen-bond donors (Lipinski definition) is 1. The summed E-state index contributed by atoms with van der Waals surface area (Å²) in [6.07, 6.45) is 7.37. The monoisotopic (exact) mass is 411 g/mol. The molecule has 0 radical (unpaired) electrons. The third-order valence-electron chi connectivity index (χ3n) is 7.70. The number of carbonyl (C=O) groups excluding carboxylic acids is 1. The molecule has 1 aliphatic heterocycles. The van der Waals surface area contributed by atoms with Crippen molar-refractivity contribution in [2.75, 3.05) is 31.6 Å². The number of anilines is 1. The first-order valence-corrected chi connectivity index (χ1v) is 12.0. The summed E-state index contributed by atoms with van der Waals surface area (Å²) < 4.78 is 6.61. The molecule has 5 aliphatic rings. The molecule has 4 aliphatic carbocycles. The van der Waals surface area contributed by atoms with Crippen molar-refractivity contribution in [2.24, 2.45) is 23.2 Å². The van der Waals surface area contributed by atoms with Crippen LogP contribution in [-0.4, -0.2) is 42.1 Å². The summed E-state index contributed by atoms with van der Waals surface area (Å²) in [7, 11) is 0. The van der Waals surface area contributed by atoms with Crippen LogP contribution in [0.4, 0.5) is 5.13 Å². The molecule has 0 unspecified atom stereocenters. The fourth-order valence-corrected chi connectivity index (χ4v) is 7.68. The first-order valence-electron chi connectivity index (χ1n) is 11.2. The van der Waals surface area contributed by atoms with Crippen molar-refractivity contribution in [1.29, 1.82) is 0 Å². The molecule has 0 spiro atoms. The van der Waals surface area contributed by atoms with Gasteiger partial charge >= 0.3 is 0 Å². The molecule has 6 heteroatoms. The largest absolute Gasteiger partial charge is 0.379 e. The molecule has 1 amide bonds. The first kappa shape index (κ1) is 18.3. The maximum absolute atomic E-state index is 13.3. The quantitative estimate of drug-likeness (QED) is 0.816. The maximum atomic E-state index is 13.3. The highest BCUT2D eigenvalue weighted by atomic mass is 32.1. The number of benzene rings is 1. The lowest BCUT2D eigenvalue weighted by Gasteiger charge is -2.55. The van der Waals surface area contributed by atoms with E-state index in [0.29, 0.717) is 0 Å². The first-order chi connectivity index (χ1) is 14.1. The third-order valence-corrected chi connectivity index (χ3v) is 8.64. The Labute approximate surface area is 175 Å². The molecule has 1 N–H and O–H groups in total. The van der Waals surface area contributed by atoms with Crippen molar-refractivity contribution < 1.29 is 9.53 Å². The Morgan fingerprint density at radius 3 is 2.52 bits per heavy atom. The van der Waals surface area contributed by atoms with Crippen LogP contribution in [0, 0.1) is 23.2 Å². The van der Waals surface area contributed by atoms with E-state index in [2.05, 4.69) is 28.4 Å². The van der Waals surface area contributed by atoms with Crippen LogP contribution in [0.2, 0.25) is 0 Å². The standard InChI is InChI=1S/C23H29N3O2S/c27-21(23-11-16-7-17(12-23)9-18(8-16)13-23)25-22-24-19-2-1-15(10-20(19)29-22)14-26-3-5-28-6-4-26/h1-2,10,16-18H,3-9,11-14H2,(H,24,25,27). The summed E-state index contributed by atoms with van der Waals surface area (Å²) in [6, 6.07) is 6.51. The van der Waals surface area contributed by atoms with Crippen molar-refractivity contribution in [3.8, 4) is 0 Å². The van der Waals surface area contributed by atoms with Crippen LogP contribution in [0.1, 0.15) is 44.1 Å². The topological polar surface area (TPSA) is 54.5 Å². The summed E-state index contributed by atoms with van der Waals surface area (Å²) >= 11 is 1.62. The summed E-state index contributed by atoms with van der Waals surface area (Å²) in [4.78, 5) is 20.5. The second kappa shape index (κ2) is 7.03. The Morgan fingerprint density at radius 1 is 1.14 bits per heavy atom. The van der Waals surface area contributed by atoms with Gasteiger partial charge in [0, 0.05) is 19.6 Å². The Hall–Kier alpha value is -1.50. The van der Waals surface area contributed by atoms with Gasteiger partial charge in [0.2, 0.25) is 5.91 Å². The van der Waals surface area contributed by atoms with E-state index in [0.717, 1.165) is 85.2 Å². The van der Waals surface area contributed by atoms with Crippen LogP contribution in [0.5, 0.6) is 0 Å². The SMILES string of the molecule is O=C(Nc1nc2ccc(CN3CCOCC3)cc2s1)C12CC3CC(CC(C3)C1)C2. The number of morpholine rings is 1. The van der Waals surface area contributed by atoms with E-state index in [1.807, 2.05) is 0 Å². The van der Waals surface area contributed by atoms with Crippen LogP contribution in [0.3, 0.4) is 0 Å². The highest BCUT2D eigenvalue weighted by Gasteiger charge is 2.54. The molecular formula is C23H29N3O2S. The number of ether oxygens (including phenoxy) is 1. The Kier molecular flexibility index (Phi) is 4.43. The van der Waals surface area contributed by atoms with E-state index in [1.54, 1.807) is 11.3 Å². The molecule has 7 rings (SSSR count). The van der Waals surface area contributed by atoms with Gasteiger partial charge < -0.3 is 10.1 Å². The van der Waals surface area contributed by atoms with Gasteiger partial charge in [0.15, 0.2) is 5.13 Å². The summed E-state index contributed by atoms with van der Waals surface area (Å²) in [5, 5.41) is 4.00.